The molecule has 2 nitrogen and oxygen atoms in total. The highest BCUT2D eigenvalue weighted by atomic mass is 16.1. The van der Waals surface area contributed by atoms with Crippen LogP contribution in [0.1, 0.15) is 40.4 Å². The minimum absolute atomic E-state index is 0.0198. The summed E-state index contributed by atoms with van der Waals surface area (Å²) in [5.74, 6) is -0.0198. The summed E-state index contributed by atoms with van der Waals surface area (Å²) in [6, 6.07) is 16.1. The van der Waals surface area contributed by atoms with Gasteiger partial charge in [-0.2, -0.15) is 0 Å². The Morgan fingerprint density at radius 1 is 0.950 bits per heavy atom. The molecule has 0 aliphatic heterocycles. The minimum Gasteiger partial charge on any atom is -0.348 e. The molecule has 0 atom stereocenters. The van der Waals surface area contributed by atoms with Crippen LogP contribution in [0.5, 0.6) is 0 Å². The van der Waals surface area contributed by atoms with Crippen molar-refractivity contribution in [2.75, 3.05) is 0 Å². The number of hydrogen-bond donors (Lipinski definition) is 1. The summed E-state index contributed by atoms with van der Waals surface area (Å²) in [7, 11) is 0. The van der Waals surface area contributed by atoms with E-state index in [-0.39, 0.29) is 5.91 Å². The van der Waals surface area contributed by atoms with Gasteiger partial charge in [0.05, 0.1) is 0 Å². The van der Waals surface area contributed by atoms with Crippen molar-refractivity contribution >= 4 is 5.91 Å². The molecule has 0 bridgehead atoms. The Labute approximate surface area is 120 Å². The van der Waals surface area contributed by atoms with Gasteiger partial charge in [-0.3, -0.25) is 4.79 Å². The second kappa shape index (κ2) is 6.90. The van der Waals surface area contributed by atoms with Crippen molar-refractivity contribution < 1.29 is 4.79 Å². The zero-order valence-electron chi connectivity index (χ0n) is 12.1. The number of carbonyl (C=O) groups excluding carboxylic acids is 1. The van der Waals surface area contributed by atoms with Crippen molar-refractivity contribution in [2.45, 2.75) is 33.2 Å². The van der Waals surface area contributed by atoms with E-state index in [4.69, 9.17) is 0 Å². The lowest BCUT2D eigenvalue weighted by molar-refractivity contribution is 0.0951. The number of benzene rings is 2. The van der Waals surface area contributed by atoms with Gasteiger partial charge in [0, 0.05) is 12.1 Å². The minimum atomic E-state index is -0.0198. The van der Waals surface area contributed by atoms with Crippen molar-refractivity contribution in [3.63, 3.8) is 0 Å². The van der Waals surface area contributed by atoms with Gasteiger partial charge in [-0.25, -0.2) is 0 Å². The molecule has 1 amide bonds. The maximum atomic E-state index is 12.0. The first-order valence-corrected chi connectivity index (χ1v) is 7.11. The highest BCUT2D eigenvalue weighted by Crippen LogP contribution is 2.07. The first-order valence-electron chi connectivity index (χ1n) is 7.11. The van der Waals surface area contributed by atoms with Crippen LogP contribution < -0.4 is 5.32 Å². The number of hydrogen-bond acceptors (Lipinski definition) is 1. The molecule has 2 aromatic rings. The molecule has 0 radical (unpaired) electrons. The quantitative estimate of drug-likeness (QED) is 0.875. The Kier molecular flexibility index (Phi) is 4.94. The third-order valence-electron chi connectivity index (χ3n) is 3.33. The van der Waals surface area contributed by atoms with E-state index in [2.05, 4.69) is 31.3 Å². The lowest BCUT2D eigenvalue weighted by Crippen LogP contribution is -2.22. The van der Waals surface area contributed by atoms with Crippen LogP contribution in [0.4, 0.5) is 0 Å². The Hall–Kier alpha value is -2.09. The van der Waals surface area contributed by atoms with Crippen LogP contribution in [-0.4, -0.2) is 5.91 Å². The lowest BCUT2D eigenvalue weighted by Gasteiger charge is -2.06. The Morgan fingerprint density at radius 2 is 1.55 bits per heavy atom. The van der Waals surface area contributed by atoms with Gasteiger partial charge in [0.2, 0.25) is 0 Å². The van der Waals surface area contributed by atoms with Crippen molar-refractivity contribution in [1.29, 1.82) is 0 Å². The Morgan fingerprint density at radius 3 is 2.15 bits per heavy atom. The van der Waals surface area contributed by atoms with Gasteiger partial charge >= 0.3 is 0 Å². The number of nitrogens with one attached hydrogen (secondary N) is 1. The van der Waals surface area contributed by atoms with E-state index in [0.717, 1.165) is 24.0 Å². The summed E-state index contributed by atoms with van der Waals surface area (Å²) < 4.78 is 0. The molecule has 0 saturated carbocycles. The summed E-state index contributed by atoms with van der Waals surface area (Å²) in [5.41, 5.74) is 4.35. The van der Waals surface area contributed by atoms with E-state index >= 15 is 0 Å². The second-order valence-electron chi connectivity index (χ2n) is 5.12. The van der Waals surface area contributed by atoms with Gasteiger partial charge in [0.25, 0.3) is 5.91 Å². The van der Waals surface area contributed by atoms with Gasteiger partial charge in [-0.05, 0) is 36.6 Å². The van der Waals surface area contributed by atoms with Crippen molar-refractivity contribution in [3.05, 3.63) is 70.8 Å². The van der Waals surface area contributed by atoms with Crippen molar-refractivity contribution in [1.82, 2.24) is 5.32 Å². The van der Waals surface area contributed by atoms with E-state index in [1.54, 1.807) is 0 Å². The van der Waals surface area contributed by atoms with E-state index in [9.17, 15) is 4.79 Å². The molecule has 1 N–H and O–H groups in total. The largest absolute Gasteiger partial charge is 0.348 e. The second-order valence-corrected chi connectivity index (χ2v) is 5.12. The lowest BCUT2D eigenvalue weighted by atomic mass is 10.1. The average Bonchev–Trinajstić information content (AvgIpc) is 2.47. The number of rotatable bonds is 5. The zero-order chi connectivity index (χ0) is 14.4. The van der Waals surface area contributed by atoms with Crippen LogP contribution >= 0.6 is 0 Å². The van der Waals surface area contributed by atoms with Crippen LogP contribution in [0.15, 0.2) is 48.5 Å². The average molecular weight is 267 g/mol. The molecule has 0 saturated heterocycles. The smallest absolute Gasteiger partial charge is 0.251 e. The summed E-state index contributed by atoms with van der Waals surface area (Å²) in [5, 5.41) is 2.95. The molecule has 0 heterocycles. The van der Waals surface area contributed by atoms with Gasteiger partial charge < -0.3 is 5.32 Å². The van der Waals surface area contributed by atoms with Crippen LogP contribution in [0.25, 0.3) is 0 Å². The van der Waals surface area contributed by atoms with E-state index in [0.29, 0.717) is 6.54 Å². The maximum Gasteiger partial charge on any atom is 0.251 e. The van der Waals surface area contributed by atoms with Gasteiger partial charge in [0.1, 0.15) is 0 Å². The van der Waals surface area contributed by atoms with E-state index < -0.39 is 0 Å². The highest BCUT2D eigenvalue weighted by molar-refractivity contribution is 5.94. The fourth-order valence-electron chi connectivity index (χ4n) is 2.10. The first-order chi connectivity index (χ1) is 9.69. The summed E-state index contributed by atoms with van der Waals surface area (Å²) >= 11 is 0. The fraction of sp³-hybridized carbons (Fsp3) is 0.278. The van der Waals surface area contributed by atoms with E-state index in [1.807, 2.05) is 36.4 Å². The molecule has 104 valence electrons. The predicted octanol–water partition coefficient (Wildman–Crippen LogP) is 3.88. The molecular formula is C18H21NO. The third kappa shape index (κ3) is 3.95. The number of carbonyl (C=O) groups is 1. The van der Waals surface area contributed by atoms with E-state index in [1.165, 1.54) is 11.1 Å². The third-order valence-corrected chi connectivity index (χ3v) is 3.33. The molecule has 0 aliphatic rings. The van der Waals surface area contributed by atoms with Gasteiger partial charge in [-0.1, -0.05) is 55.3 Å². The maximum absolute atomic E-state index is 12.0. The monoisotopic (exact) mass is 267 g/mol. The first kappa shape index (κ1) is 14.3. The fourth-order valence-corrected chi connectivity index (χ4v) is 2.10. The highest BCUT2D eigenvalue weighted by Gasteiger charge is 2.04. The molecule has 2 aromatic carbocycles. The van der Waals surface area contributed by atoms with Crippen molar-refractivity contribution in [2.24, 2.45) is 0 Å². The Bertz CT molecular complexity index is 555. The molecule has 0 unspecified atom stereocenters. The standard InChI is InChI=1S/C18H21NO/c1-3-4-15-9-11-17(12-10-15)18(20)19-13-16-7-5-14(2)6-8-16/h5-12H,3-4,13H2,1-2H3,(H,19,20). The van der Waals surface area contributed by atoms with Gasteiger partial charge in [-0.15, -0.1) is 0 Å². The van der Waals surface area contributed by atoms with Crippen LogP contribution in [-0.2, 0) is 13.0 Å². The molecule has 2 heteroatoms. The summed E-state index contributed by atoms with van der Waals surface area (Å²) in [6.45, 7) is 4.78. The Balaban J connectivity index is 1.92. The molecule has 20 heavy (non-hydrogen) atoms. The van der Waals surface area contributed by atoms with Crippen LogP contribution in [0.3, 0.4) is 0 Å². The van der Waals surface area contributed by atoms with Gasteiger partial charge in [0.15, 0.2) is 0 Å². The molecule has 2 rings (SSSR count). The topological polar surface area (TPSA) is 29.1 Å². The molecular weight excluding hydrogens is 246 g/mol. The molecule has 0 aliphatic carbocycles. The predicted molar refractivity (Wildman–Crippen MR) is 82.8 cm³/mol. The normalized spacial score (nSPS) is 10.3. The summed E-state index contributed by atoms with van der Waals surface area (Å²) in [6.07, 6.45) is 2.18. The molecule has 0 spiro atoms. The SMILES string of the molecule is CCCc1ccc(C(=O)NCc2ccc(C)cc2)cc1. The van der Waals surface area contributed by atoms with Crippen LogP contribution in [0.2, 0.25) is 0 Å². The van der Waals surface area contributed by atoms with Crippen molar-refractivity contribution in [3.8, 4) is 0 Å². The van der Waals surface area contributed by atoms with Crippen LogP contribution in [0, 0.1) is 6.92 Å². The molecule has 0 aromatic heterocycles. The number of aryl methyl sites for hydroxylation is 2. The number of amides is 1. The molecule has 0 fully saturated rings. The summed E-state index contributed by atoms with van der Waals surface area (Å²) in [4.78, 5) is 12.0. The zero-order valence-corrected chi connectivity index (χ0v) is 12.1.